The van der Waals surface area contributed by atoms with Crippen LogP contribution in [-0.2, 0) is 0 Å². The van der Waals surface area contributed by atoms with Gasteiger partial charge >= 0.3 is 0 Å². The van der Waals surface area contributed by atoms with Crippen molar-refractivity contribution in [3.05, 3.63) is 17.0 Å². The number of hydrogen-bond donors (Lipinski definition) is 1. The van der Waals surface area contributed by atoms with Gasteiger partial charge in [-0.3, -0.25) is 9.98 Å². The highest BCUT2D eigenvalue weighted by Gasteiger charge is 2.07. The molecule has 4 heteroatoms. The van der Waals surface area contributed by atoms with E-state index in [9.17, 15) is 0 Å². The molecule has 0 aromatic carbocycles. The summed E-state index contributed by atoms with van der Waals surface area (Å²) >= 11 is 1.67. The van der Waals surface area contributed by atoms with Gasteiger partial charge in [0.2, 0.25) is 0 Å². The van der Waals surface area contributed by atoms with E-state index in [1.165, 1.54) is 0 Å². The minimum Gasteiger partial charge on any atom is -0.334 e. The molecule has 0 saturated heterocycles. The lowest BCUT2D eigenvalue weighted by molar-refractivity contribution is 1.27. The average molecular weight is 179 g/mol. The summed E-state index contributed by atoms with van der Waals surface area (Å²) in [5, 5.41) is 6.41. The van der Waals surface area contributed by atoms with Gasteiger partial charge in [0.15, 0.2) is 0 Å². The van der Waals surface area contributed by atoms with Gasteiger partial charge in [-0.15, -0.1) is 11.3 Å². The Morgan fingerprint density at radius 3 is 3.42 bits per heavy atom. The first-order valence-electron chi connectivity index (χ1n) is 3.70. The molecule has 2 heterocycles. The molecule has 2 rings (SSSR count). The van der Waals surface area contributed by atoms with Crippen LogP contribution < -0.4 is 5.32 Å². The van der Waals surface area contributed by atoms with E-state index in [1.807, 2.05) is 11.6 Å². The largest absolute Gasteiger partial charge is 0.334 e. The minimum absolute atomic E-state index is 0.651. The highest BCUT2D eigenvalue weighted by atomic mass is 32.1. The fourth-order valence-corrected chi connectivity index (χ4v) is 1.83. The number of hydrogen-bond acceptors (Lipinski definition) is 3. The van der Waals surface area contributed by atoms with E-state index in [0.29, 0.717) is 6.54 Å². The van der Waals surface area contributed by atoms with Crippen LogP contribution in [0.1, 0.15) is 5.56 Å². The molecule has 0 atom stereocenters. The standard InChI is InChI=1S/C8H9N3S/c1-9-7-5-10-4-6-2-3-12-8(6)11-7/h2-4H,5H2,1H3,(H,9,11). The zero-order chi connectivity index (χ0) is 8.39. The van der Waals surface area contributed by atoms with Gasteiger partial charge in [0.25, 0.3) is 0 Å². The summed E-state index contributed by atoms with van der Waals surface area (Å²) in [4.78, 5) is 8.31. The van der Waals surface area contributed by atoms with E-state index in [0.717, 1.165) is 16.4 Å². The molecule has 0 bridgehead atoms. The predicted octanol–water partition coefficient (Wildman–Crippen LogP) is 1.62. The number of nitrogens with one attached hydrogen (secondary N) is 1. The van der Waals surface area contributed by atoms with E-state index in [1.54, 1.807) is 18.4 Å². The third-order valence-corrected chi connectivity index (χ3v) is 2.54. The topological polar surface area (TPSA) is 36.8 Å². The van der Waals surface area contributed by atoms with Crippen LogP contribution in [0.15, 0.2) is 21.4 Å². The highest BCUT2D eigenvalue weighted by Crippen LogP contribution is 2.22. The summed E-state index contributed by atoms with van der Waals surface area (Å²) in [6, 6.07) is 2.05. The van der Waals surface area contributed by atoms with Crippen molar-refractivity contribution in [2.24, 2.45) is 9.98 Å². The van der Waals surface area contributed by atoms with E-state index >= 15 is 0 Å². The van der Waals surface area contributed by atoms with Crippen LogP contribution in [0.4, 0.5) is 5.00 Å². The first-order chi connectivity index (χ1) is 5.90. The Hall–Kier alpha value is -1.16. The molecular formula is C8H9N3S. The number of nitrogens with zero attached hydrogens (tertiary/aromatic N) is 2. The van der Waals surface area contributed by atoms with Crippen molar-refractivity contribution in [1.82, 2.24) is 0 Å². The molecule has 12 heavy (non-hydrogen) atoms. The number of aliphatic imine (C=N–C) groups is 2. The fourth-order valence-electron chi connectivity index (χ4n) is 1.05. The second-order valence-corrected chi connectivity index (χ2v) is 3.39. The number of anilines is 1. The van der Waals surface area contributed by atoms with Crippen LogP contribution in [0.2, 0.25) is 0 Å². The summed E-state index contributed by atoms with van der Waals surface area (Å²) < 4.78 is 0. The van der Waals surface area contributed by atoms with Gasteiger partial charge in [0.05, 0.1) is 6.54 Å². The summed E-state index contributed by atoms with van der Waals surface area (Å²) in [7, 11) is 1.77. The quantitative estimate of drug-likeness (QED) is 0.645. The molecule has 0 amide bonds. The smallest absolute Gasteiger partial charge is 0.123 e. The minimum atomic E-state index is 0.651. The molecule has 3 nitrogen and oxygen atoms in total. The molecule has 1 aromatic rings. The monoisotopic (exact) mass is 179 g/mol. The average Bonchev–Trinajstić information content (AvgIpc) is 2.43. The van der Waals surface area contributed by atoms with Crippen LogP contribution in [0.25, 0.3) is 0 Å². The van der Waals surface area contributed by atoms with Gasteiger partial charge in [-0.25, -0.2) is 0 Å². The van der Waals surface area contributed by atoms with Crippen LogP contribution in [0.3, 0.4) is 0 Å². The zero-order valence-corrected chi connectivity index (χ0v) is 7.56. The van der Waals surface area contributed by atoms with Crippen molar-refractivity contribution in [2.75, 3.05) is 18.9 Å². The second kappa shape index (κ2) is 3.06. The van der Waals surface area contributed by atoms with Gasteiger partial charge in [0, 0.05) is 18.8 Å². The molecule has 0 radical (unpaired) electrons. The maximum absolute atomic E-state index is 4.23. The van der Waals surface area contributed by atoms with E-state index in [4.69, 9.17) is 0 Å². The lowest BCUT2D eigenvalue weighted by Gasteiger charge is -2.01. The van der Waals surface area contributed by atoms with Crippen LogP contribution in [-0.4, -0.2) is 25.6 Å². The highest BCUT2D eigenvalue weighted by molar-refractivity contribution is 7.14. The third-order valence-electron chi connectivity index (χ3n) is 1.69. The molecule has 1 aliphatic heterocycles. The maximum atomic E-state index is 4.23. The van der Waals surface area contributed by atoms with Crippen LogP contribution in [0, 0.1) is 0 Å². The lowest BCUT2D eigenvalue weighted by atomic mass is 10.3. The Morgan fingerprint density at radius 2 is 2.58 bits per heavy atom. The van der Waals surface area contributed by atoms with E-state index in [2.05, 4.69) is 21.4 Å². The Balaban J connectivity index is 2.39. The summed E-state index contributed by atoms with van der Waals surface area (Å²) in [5.74, 6) is 0.924. The fraction of sp³-hybridized carbons (Fsp3) is 0.250. The van der Waals surface area contributed by atoms with Crippen molar-refractivity contribution >= 4 is 28.4 Å². The maximum Gasteiger partial charge on any atom is 0.123 e. The molecule has 0 aliphatic carbocycles. The van der Waals surface area contributed by atoms with Gasteiger partial charge in [-0.05, 0) is 11.4 Å². The number of thiophene rings is 1. The third kappa shape index (κ3) is 1.25. The molecule has 1 aromatic heterocycles. The summed E-state index contributed by atoms with van der Waals surface area (Å²) in [6.45, 7) is 0.651. The number of fused-ring (bicyclic) bond motifs is 1. The van der Waals surface area contributed by atoms with Gasteiger partial charge in [-0.1, -0.05) is 0 Å². The van der Waals surface area contributed by atoms with Crippen LogP contribution in [0.5, 0.6) is 0 Å². The molecule has 0 spiro atoms. The molecule has 0 unspecified atom stereocenters. The Morgan fingerprint density at radius 1 is 1.67 bits per heavy atom. The van der Waals surface area contributed by atoms with Crippen molar-refractivity contribution in [3.8, 4) is 0 Å². The molecule has 1 aliphatic rings. The van der Waals surface area contributed by atoms with Crippen molar-refractivity contribution in [1.29, 1.82) is 0 Å². The van der Waals surface area contributed by atoms with Gasteiger partial charge < -0.3 is 5.32 Å². The van der Waals surface area contributed by atoms with Crippen LogP contribution >= 0.6 is 11.3 Å². The van der Waals surface area contributed by atoms with Gasteiger partial charge in [0.1, 0.15) is 10.8 Å². The first-order valence-corrected chi connectivity index (χ1v) is 4.58. The lowest BCUT2D eigenvalue weighted by Crippen LogP contribution is -2.13. The van der Waals surface area contributed by atoms with Crippen molar-refractivity contribution in [2.45, 2.75) is 0 Å². The second-order valence-electron chi connectivity index (χ2n) is 2.47. The molecule has 62 valence electrons. The normalized spacial score (nSPS) is 18.6. The Kier molecular flexibility index (Phi) is 1.91. The molecular weight excluding hydrogens is 170 g/mol. The predicted molar refractivity (Wildman–Crippen MR) is 53.8 cm³/mol. The van der Waals surface area contributed by atoms with Gasteiger partial charge in [-0.2, -0.15) is 0 Å². The summed E-state index contributed by atoms with van der Waals surface area (Å²) in [6.07, 6.45) is 1.89. The van der Waals surface area contributed by atoms with Crippen molar-refractivity contribution in [3.63, 3.8) is 0 Å². The number of rotatable bonds is 0. The molecule has 0 fully saturated rings. The Labute approximate surface area is 74.9 Å². The molecule has 0 saturated carbocycles. The summed E-state index contributed by atoms with van der Waals surface area (Å²) in [5.41, 5.74) is 1.15. The molecule has 1 N–H and O–H groups in total. The van der Waals surface area contributed by atoms with E-state index in [-0.39, 0.29) is 0 Å². The van der Waals surface area contributed by atoms with Crippen molar-refractivity contribution < 1.29 is 0 Å². The van der Waals surface area contributed by atoms with E-state index < -0.39 is 0 Å². The number of amidine groups is 1. The Bertz CT molecular complexity index is 338. The zero-order valence-electron chi connectivity index (χ0n) is 6.74. The first kappa shape index (κ1) is 7.49. The SMILES string of the molecule is CN=C1CN=Cc2ccsc2N1.